The summed E-state index contributed by atoms with van der Waals surface area (Å²) < 4.78 is 5.86. The van der Waals surface area contributed by atoms with Gasteiger partial charge >= 0.3 is 0 Å². The van der Waals surface area contributed by atoms with Gasteiger partial charge in [0.05, 0.1) is 6.20 Å². The Morgan fingerprint density at radius 2 is 2.06 bits per heavy atom. The Labute approximate surface area is 95.8 Å². The molecule has 0 aliphatic carbocycles. The molecule has 2 fully saturated rings. The number of hydrogen-bond donors (Lipinski definition) is 2. The molecule has 2 saturated heterocycles. The maximum atomic E-state index is 5.86. The zero-order valence-corrected chi connectivity index (χ0v) is 9.54. The topological polar surface area (TPSA) is 50.1 Å². The first-order chi connectivity index (χ1) is 7.92. The summed E-state index contributed by atoms with van der Waals surface area (Å²) >= 11 is 0. The van der Waals surface area contributed by atoms with Gasteiger partial charge in [0.15, 0.2) is 5.89 Å². The van der Waals surface area contributed by atoms with Crippen LogP contribution in [0.4, 0.5) is 0 Å². The maximum absolute atomic E-state index is 5.86. The van der Waals surface area contributed by atoms with Crippen molar-refractivity contribution in [1.29, 1.82) is 0 Å². The quantitative estimate of drug-likeness (QED) is 0.796. The zero-order chi connectivity index (χ0) is 10.8. The van der Waals surface area contributed by atoms with Gasteiger partial charge in [-0.25, -0.2) is 4.98 Å². The number of piperidine rings is 1. The van der Waals surface area contributed by atoms with Gasteiger partial charge in [0, 0.05) is 12.3 Å². The monoisotopic (exact) mass is 221 g/mol. The summed E-state index contributed by atoms with van der Waals surface area (Å²) in [6.45, 7) is 4.44. The normalized spacial score (nSPS) is 23.2. The molecule has 88 valence electrons. The van der Waals surface area contributed by atoms with E-state index in [0.717, 1.165) is 50.2 Å². The molecule has 4 heteroatoms. The molecule has 0 bridgehead atoms. The number of rotatable bonds is 3. The molecule has 0 unspecified atom stereocenters. The van der Waals surface area contributed by atoms with Crippen LogP contribution in [0.3, 0.4) is 0 Å². The molecule has 4 nitrogen and oxygen atoms in total. The van der Waals surface area contributed by atoms with E-state index in [2.05, 4.69) is 15.6 Å². The average molecular weight is 221 g/mol. The van der Waals surface area contributed by atoms with E-state index in [-0.39, 0.29) is 0 Å². The molecule has 0 radical (unpaired) electrons. The Balaban J connectivity index is 1.61. The van der Waals surface area contributed by atoms with E-state index in [4.69, 9.17) is 4.42 Å². The highest BCUT2D eigenvalue weighted by Gasteiger charge is 2.22. The summed E-state index contributed by atoms with van der Waals surface area (Å²) in [5.41, 5.74) is 0. The Morgan fingerprint density at radius 1 is 1.25 bits per heavy atom. The molecule has 3 heterocycles. The van der Waals surface area contributed by atoms with Crippen molar-refractivity contribution < 1.29 is 4.42 Å². The molecule has 2 aliphatic heterocycles. The second kappa shape index (κ2) is 4.55. The highest BCUT2D eigenvalue weighted by molar-refractivity contribution is 5.04. The number of nitrogens with zero attached hydrogens (tertiary/aromatic N) is 1. The summed E-state index contributed by atoms with van der Waals surface area (Å²) in [6, 6.07) is 0. The number of nitrogens with one attached hydrogen (secondary N) is 2. The lowest BCUT2D eigenvalue weighted by Gasteiger charge is -2.25. The van der Waals surface area contributed by atoms with Crippen molar-refractivity contribution in [3.05, 3.63) is 17.8 Å². The van der Waals surface area contributed by atoms with Crippen molar-refractivity contribution in [2.45, 2.75) is 25.2 Å². The van der Waals surface area contributed by atoms with Gasteiger partial charge in [0.2, 0.25) is 0 Å². The van der Waals surface area contributed by atoms with Crippen LogP contribution in [0.2, 0.25) is 0 Å². The minimum Gasteiger partial charge on any atom is -0.445 e. The van der Waals surface area contributed by atoms with Crippen molar-refractivity contribution in [3.8, 4) is 0 Å². The van der Waals surface area contributed by atoms with Gasteiger partial charge < -0.3 is 15.1 Å². The summed E-state index contributed by atoms with van der Waals surface area (Å²) in [4.78, 5) is 4.40. The van der Waals surface area contributed by atoms with E-state index in [1.165, 1.54) is 12.8 Å². The Hall–Kier alpha value is -0.870. The van der Waals surface area contributed by atoms with E-state index in [1.54, 1.807) is 0 Å². The molecule has 0 saturated carbocycles. The van der Waals surface area contributed by atoms with E-state index in [1.807, 2.05) is 6.20 Å². The Bertz CT molecular complexity index is 340. The van der Waals surface area contributed by atoms with Crippen molar-refractivity contribution >= 4 is 0 Å². The van der Waals surface area contributed by atoms with Crippen LogP contribution >= 0.6 is 0 Å². The molecule has 2 N–H and O–H groups in total. The third-order valence-corrected chi connectivity index (χ3v) is 3.64. The van der Waals surface area contributed by atoms with Gasteiger partial charge in [0.1, 0.15) is 5.76 Å². The van der Waals surface area contributed by atoms with Gasteiger partial charge in [-0.3, -0.25) is 0 Å². The number of hydrogen-bond acceptors (Lipinski definition) is 4. The van der Waals surface area contributed by atoms with Crippen LogP contribution < -0.4 is 10.6 Å². The molecule has 0 spiro atoms. The molecule has 1 aromatic heterocycles. The van der Waals surface area contributed by atoms with Crippen LogP contribution in [0.1, 0.15) is 30.4 Å². The van der Waals surface area contributed by atoms with Gasteiger partial charge in [-0.15, -0.1) is 0 Å². The lowest BCUT2D eigenvalue weighted by molar-refractivity contribution is 0.304. The van der Waals surface area contributed by atoms with Gasteiger partial charge in [-0.1, -0.05) is 0 Å². The SMILES string of the molecule is c1nc(CC2CNC2)oc1C1CCNCC1. The predicted molar refractivity (Wildman–Crippen MR) is 61.4 cm³/mol. The molecule has 2 aliphatic rings. The van der Waals surface area contributed by atoms with Crippen LogP contribution in [0.25, 0.3) is 0 Å². The minimum atomic E-state index is 0.585. The van der Waals surface area contributed by atoms with Crippen molar-refractivity contribution in [1.82, 2.24) is 15.6 Å². The maximum Gasteiger partial charge on any atom is 0.194 e. The second-order valence-corrected chi connectivity index (χ2v) is 4.91. The fourth-order valence-corrected chi connectivity index (χ4v) is 2.45. The first kappa shape index (κ1) is 10.3. The summed E-state index contributed by atoms with van der Waals surface area (Å²) in [7, 11) is 0. The smallest absolute Gasteiger partial charge is 0.194 e. The van der Waals surface area contributed by atoms with Gasteiger partial charge in [0.25, 0.3) is 0 Å². The predicted octanol–water partition coefficient (Wildman–Crippen LogP) is 0.903. The fourth-order valence-electron chi connectivity index (χ4n) is 2.45. The van der Waals surface area contributed by atoms with E-state index in [0.29, 0.717) is 5.92 Å². The first-order valence-corrected chi connectivity index (χ1v) is 6.28. The fraction of sp³-hybridized carbons (Fsp3) is 0.750. The standard InChI is InChI=1S/C12H19N3O/c1-3-13-4-2-10(1)11-8-15-12(16-11)5-9-6-14-7-9/h8-10,13-14H,1-7H2. The first-order valence-electron chi connectivity index (χ1n) is 6.28. The molecular formula is C12H19N3O. The molecule has 0 amide bonds. The van der Waals surface area contributed by atoms with Crippen LogP contribution in [-0.4, -0.2) is 31.2 Å². The average Bonchev–Trinajstić information content (AvgIpc) is 2.73. The van der Waals surface area contributed by atoms with Crippen molar-refractivity contribution in [2.24, 2.45) is 5.92 Å². The number of aromatic nitrogens is 1. The van der Waals surface area contributed by atoms with Crippen molar-refractivity contribution in [2.75, 3.05) is 26.2 Å². The third-order valence-electron chi connectivity index (χ3n) is 3.64. The van der Waals surface area contributed by atoms with Gasteiger partial charge in [-0.05, 0) is 44.9 Å². The molecule has 3 rings (SSSR count). The summed E-state index contributed by atoms with van der Waals surface area (Å²) in [5.74, 6) is 3.35. The Morgan fingerprint density at radius 3 is 2.75 bits per heavy atom. The molecule has 16 heavy (non-hydrogen) atoms. The third kappa shape index (κ3) is 2.13. The summed E-state index contributed by atoms with van der Waals surface area (Å²) in [6.07, 6.45) is 5.30. The van der Waals surface area contributed by atoms with Gasteiger partial charge in [-0.2, -0.15) is 0 Å². The van der Waals surface area contributed by atoms with Crippen LogP contribution in [-0.2, 0) is 6.42 Å². The van der Waals surface area contributed by atoms with E-state index in [9.17, 15) is 0 Å². The van der Waals surface area contributed by atoms with Crippen LogP contribution in [0.5, 0.6) is 0 Å². The zero-order valence-electron chi connectivity index (χ0n) is 9.54. The van der Waals surface area contributed by atoms with E-state index < -0.39 is 0 Å². The van der Waals surface area contributed by atoms with E-state index >= 15 is 0 Å². The molecule has 0 aromatic carbocycles. The highest BCUT2D eigenvalue weighted by atomic mass is 16.4. The lowest BCUT2D eigenvalue weighted by atomic mass is 9.96. The highest BCUT2D eigenvalue weighted by Crippen LogP contribution is 2.26. The summed E-state index contributed by atoms with van der Waals surface area (Å²) in [5, 5.41) is 6.65. The second-order valence-electron chi connectivity index (χ2n) is 4.91. The largest absolute Gasteiger partial charge is 0.445 e. The van der Waals surface area contributed by atoms with Crippen LogP contribution in [0, 0.1) is 5.92 Å². The molecular weight excluding hydrogens is 202 g/mol. The number of oxazole rings is 1. The Kier molecular flexibility index (Phi) is 2.93. The minimum absolute atomic E-state index is 0.585. The lowest BCUT2D eigenvalue weighted by Crippen LogP contribution is -2.43. The molecule has 1 aromatic rings. The molecule has 0 atom stereocenters. The van der Waals surface area contributed by atoms with Crippen molar-refractivity contribution in [3.63, 3.8) is 0 Å². The van der Waals surface area contributed by atoms with Crippen LogP contribution in [0.15, 0.2) is 10.6 Å².